The maximum absolute atomic E-state index is 13.8. The van der Waals surface area contributed by atoms with Crippen LogP contribution in [0.3, 0.4) is 0 Å². The van der Waals surface area contributed by atoms with Crippen LogP contribution in [0.25, 0.3) is 0 Å². The SMILES string of the molecule is COc1cc(C(=O)Nc2cc(C(=O)N3CCC[C@@H](C)C3)ccc2N2C[C@H]3C[C@@H](C2)c2cccc(=O)n2C3)cc(OC)c1OC. The number of aromatic nitrogens is 1. The zero-order valence-corrected chi connectivity index (χ0v) is 25.8. The molecule has 3 aliphatic rings. The summed E-state index contributed by atoms with van der Waals surface area (Å²) in [5.74, 6) is 1.67. The van der Waals surface area contributed by atoms with E-state index in [9.17, 15) is 14.4 Å². The highest BCUT2D eigenvalue weighted by Crippen LogP contribution is 2.41. The quantitative estimate of drug-likeness (QED) is 0.422. The Bertz CT molecular complexity index is 1610. The fraction of sp³-hybridized carbons (Fsp3) is 0.441. The topological polar surface area (TPSA) is 102 Å². The predicted octanol–water partition coefficient (Wildman–Crippen LogP) is 4.62. The lowest BCUT2D eigenvalue weighted by atomic mass is 9.83. The summed E-state index contributed by atoms with van der Waals surface area (Å²) in [6.45, 7) is 5.73. The van der Waals surface area contributed by atoms with Gasteiger partial charge in [-0.05, 0) is 67.5 Å². The predicted molar refractivity (Wildman–Crippen MR) is 169 cm³/mol. The number of anilines is 2. The minimum Gasteiger partial charge on any atom is -0.493 e. The molecule has 2 bridgehead atoms. The van der Waals surface area contributed by atoms with Gasteiger partial charge in [-0.15, -0.1) is 0 Å². The summed E-state index contributed by atoms with van der Waals surface area (Å²) in [4.78, 5) is 44.2. The summed E-state index contributed by atoms with van der Waals surface area (Å²) in [5.41, 5.74) is 3.36. The highest BCUT2D eigenvalue weighted by molar-refractivity contribution is 6.08. The number of nitrogens with zero attached hydrogens (tertiary/aromatic N) is 3. The van der Waals surface area contributed by atoms with Crippen molar-refractivity contribution in [2.45, 2.75) is 38.6 Å². The van der Waals surface area contributed by atoms with Crippen molar-refractivity contribution in [3.8, 4) is 17.2 Å². The lowest BCUT2D eigenvalue weighted by molar-refractivity contribution is 0.0683. The summed E-state index contributed by atoms with van der Waals surface area (Å²) in [6, 6.07) is 14.3. The van der Waals surface area contributed by atoms with Gasteiger partial charge in [-0.25, -0.2) is 0 Å². The third kappa shape index (κ3) is 5.60. The molecule has 44 heavy (non-hydrogen) atoms. The molecular weight excluding hydrogens is 560 g/mol. The van der Waals surface area contributed by atoms with Gasteiger partial charge in [0.15, 0.2) is 11.5 Å². The Morgan fingerprint density at radius 2 is 1.66 bits per heavy atom. The highest BCUT2D eigenvalue weighted by Gasteiger charge is 2.35. The molecule has 10 heteroatoms. The number of fused-ring (bicyclic) bond motifs is 4. The molecule has 3 aliphatic heterocycles. The maximum Gasteiger partial charge on any atom is 0.255 e. The van der Waals surface area contributed by atoms with E-state index in [0.717, 1.165) is 50.3 Å². The van der Waals surface area contributed by atoms with Gasteiger partial charge in [-0.1, -0.05) is 13.0 Å². The van der Waals surface area contributed by atoms with Crippen LogP contribution in [0, 0.1) is 11.8 Å². The van der Waals surface area contributed by atoms with Gasteiger partial charge >= 0.3 is 0 Å². The number of piperidine rings is 2. The number of methoxy groups -OCH3 is 3. The summed E-state index contributed by atoms with van der Waals surface area (Å²) < 4.78 is 18.3. The molecule has 232 valence electrons. The van der Waals surface area contributed by atoms with Crippen LogP contribution < -0.4 is 30.0 Å². The van der Waals surface area contributed by atoms with Crippen LogP contribution in [-0.4, -0.2) is 68.8 Å². The van der Waals surface area contributed by atoms with Crippen molar-refractivity contribution in [1.82, 2.24) is 9.47 Å². The minimum absolute atomic E-state index is 0.0322. The number of hydrogen-bond acceptors (Lipinski definition) is 7. The van der Waals surface area contributed by atoms with Crippen LogP contribution in [-0.2, 0) is 6.54 Å². The van der Waals surface area contributed by atoms with E-state index in [4.69, 9.17) is 14.2 Å². The molecule has 2 amide bonds. The number of amides is 2. The molecule has 10 nitrogen and oxygen atoms in total. The lowest BCUT2D eigenvalue weighted by Crippen LogP contribution is -2.47. The molecule has 0 spiro atoms. The van der Waals surface area contributed by atoms with E-state index in [1.165, 1.54) is 21.3 Å². The fourth-order valence-corrected chi connectivity index (χ4v) is 7.10. The van der Waals surface area contributed by atoms with Gasteiger partial charge in [0.2, 0.25) is 5.75 Å². The maximum atomic E-state index is 13.8. The zero-order chi connectivity index (χ0) is 31.0. The van der Waals surface area contributed by atoms with Crippen LogP contribution in [0.1, 0.15) is 58.5 Å². The summed E-state index contributed by atoms with van der Waals surface area (Å²) in [5, 5.41) is 3.11. The molecule has 2 aromatic carbocycles. The van der Waals surface area contributed by atoms with Gasteiger partial charge in [-0.2, -0.15) is 0 Å². The number of rotatable bonds is 7. The van der Waals surface area contributed by atoms with Crippen molar-refractivity contribution in [2.75, 3.05) is 57.7 Å². The van der Waals surface area contributed by atoms with E-state index in [1.807, 2.05) is 33.7 Å². The number of nitrogens with one attached hydrogen (secondary N) is 1. The summed E-state index contributed by atoms with van der Waals surface area (Å²) in [7, 11) is 4.53. The molecule has 0 aliphatic carbocycles. The molecule has 0 unspecified atom stereocenters. The number of pyridine rings is 1. The Hall–Kier alpha value is -4.47. The van der Waals surface area contributed by atoms with E-state index in [1.54, 1.807) is 24.3 Å². The average Bonchev–Trinajstić information content (AvgIpc) is 3.04. The van der Waals surface area contributed by atoms with Gasteiger partial charge in [-0.3, -0.25) is 14.4 Å². The van der Waals surface area contributed by atoms with Crippen LogP contribution in [0.4, 0.5) is 11.4 Å². The van der Waals surface area contributed by atoms with Crippen molar-refractivity contribution >= 4 is 23.2 Å². The Balaban J connectivity index is 1.36. The van der Waals surface area contributed by atoms with E-state index in [2.05, 4.69) is 17.1 Å². The van der Waals surface area contributed by atoms with Crippen LogP contribution in [0.15, 0.2) is 53.3 Å². The second-order valence-corrected chi connectivity index (χ2v) is 12.2. The number of hydrogen-bond donors (Lipinski definition) is 1. The third-order valence-corrected chi connectivity index (χ3v) is 9.18. The largest absolute Gasteiger partial charge is 0.493 e. The van der Waals surface area contributed by atoms with Crippen LogP contribution in [0.5, 0.6) is 17.2 Å². The van der Waals surface area contributed by atoms with E-state index >= 15 is 0 Å². The van der Waals surface area contributed by atoms with Crippen molar-refractivity contribution in [3.05, 3.63) is 75.7 Å². The average molecular weight is 601 g/mol. The number of carbonyl (C=O) groups excluding carboxylic acids is 2. The minimum atomic E-state index is -0.365. The molecule has 4 heterocycles. The Morgan fingerprint density at radius 1 is 0.886 bits per heavy atom. The highest BCUT2D eigenvalue weighted by atomic mass is 16.5. The zero-order valence-electron chi connectivity index (χ0n) is 25.8. The summed E-state index contributed by atoms with van der Waals surface area (Å²) in [6.07, 6.45) is 3.11. The van der Waals surface area contributed by atoms with Gasteiger partial charge in [0.05, 0.1) is 32.7 Å². The molecule has 1 aromatic heterocycles. The smallest absolute Gasteiger partial charge is 0.255 e. The first kappa shape index (κ1) is 29.6. The Labute approximate surface area is 257 Å². The summed E-state index contributed by atoms with van der Waals surface area (Å²) >= 11 is 0. The third-order valence-electron chi connectivity index (χ3n) is 9.18. The number of ether oxygens (including phenoxy) is 3. The van der Waals surface area contributed by atoms with Gasteiger partial charge in [0, 0.05) is 61.5 Å². The van der Waals surface area contributed by atoms with Gasteiger partial charge in [0.1, 0.15) is 0 Å². The van der Waals surface area contributed by atoms with Gasteiger partial charge in [0.25, 0.3) is 17.4 Å². The molecule has 1 N–H and O–H groups in total. The molecule has 6 rings (SSSR count). The molecular formula is C34H40N4O6. The van der Waals surface area contributed by atoms with Crippen LogP contribution >= 0.6 is 0 Å². The van der Waals surface area contributed by atoms with Crippen molar-refractivity contribution in [1.29, 1.82) is 0 Å². The Kier molecular flexibility index (Phi) is 8.25. The Morgan fingerprint density at radius 3 is 2.36 bits per heavy atom. The first-order valence-corrected chi connectivity index (χ1v) is 15.3. The van der Waals surface area contributed by atoms with Gasteiger partial charge < -0.3 is 33.9 Å². The molecule has 2 fully saturated rings. The molecule has 3 aromatic rings. The van der Waals surface area contributed by atoms with Crippen LogP contribution in [0.2, 0.25) is 0 Å². The normalized spacial score (nSPS) is 20.9. The number of benzene rings is 2. The molecule has 3 atom stereocenters. The first-order valence-electron chi connectivity index (χ1n) is 15.3. The van der Waals surface area contributed by atoms with E-state index in [0.29, 0.717) is 53.1 Å². The van der Waals surface area contributed by atoms with Crippen molar-refractivity contribution in [2.24, 2.45) is 11.8 Å². The van der Waals surface area contributed by atoms with Crippen molar-refractivity contribution in [3.63, 3.8) is 0 Å². The second kappa shape index (κ2) is 12.3. The van der Waals surface area contributed by atoms with E-state index < -0.39 is 0 Å². The number of likely N-dealkylation sites (tertiary alicyclic amines) is 1. The monoisotopic (exact) mass is 600 g/mol. The molecule has 2 saturated heterocycles. The van der Waals surface area contributed by atoms with E-state index in [-0.39, 0.29) is 29.2 Å². The first-order chi connectivity index (χ1) is 21.3. The van der Waals surface area contributed by atoms with Crippen molar-refractivity contribution < 1.29 is 23.8 Å². The second-order valence-electron chi connectivity index (χ2n) is 12.2. The standard InChI is InChI=1S/C34H40N4O6/c1-21-7-6-12-36(17-21)34(41)23-10-11-28(37-18-22-13-25(20-37)27-8-5-9-31(39)38(27)19-22)26(14-23)35-33(40)24-15-29(42-2)32(44-4)30(16-24)43-3/h5,8-11,14-16,21-22,25H,6-7,12-13,17-20H2,1-4H3,(H,35,40)/t21-,22-,25+/m1/s1. The molecule has 0 radical (unpaired) electrons. The fourth-order valence-electron chi connectivity index (χ4n) is 7.10. The lowest BCUT2D eigenvalue weighted by Gasteiger charge is -2.44. The number of carbonyl (C=O) groups is 2. The molecule has 0 saturated carbocycles.